The summed E-state index contributed by atoms with van der Waals surface area (Å²) in [5.74, 6) is 0.253. The van der Waals surface area contributed by atoms with Gasteiger partial charge in [-0.3, -0.25) is 14.6 Å². The lowest BCUT2D eigenvalue weighted by Gasteiger charge is -2.31. The molecule has 0 spiro atoms. The van der Waals surface area contributed by atoms with Gasteiger partial charge in [-0.25, -0.2) is 0 Å². The number of aryl methyl sites for hydroxylation is 1. The quantitative estimate of drug-likeness (QED) is 0.628. The maximum atomic E-state index is 13.7. The van der Waals surface area contributed by atoms with E-state index in [0.29, 0.717) is 6.54 Å². The normalized spacial score (nSPS) is 19.7. The number of hydrogen-bond donors (Lipinski definition) is 1. The summed E-state index contributed by atoms with van der Waals surface area (Å²) >= 11 is 0. The third-order valence-corrected chi connectivity index (χ3v) is 6.57. The largest absolute Gasteiger partial charge is 0.497 e. The molecule has 2 aliphatic heterocycles. The van der Waals surface area contributed by atoms with E-state index in [1.54, 1.807) is 7.11 Å². The fourth-order valence-corrected chi connectivity index (χ4v) is 4.98. The van der Waals surface area contributed by atoms with Gasteiger partial charge in [0.05, 0.1) is 24.8 Å². The summed E-state index contributed by atoms with van der Waals surface area (Å²) in [5, 5.41) is 2.89. The van der Waals surface area contributed by atoms with Crippen molar-refractivity contribution in [3.8, 4) is 16.9 Å². The molecular weight excluding hydrogens is 414 g/mol. The number of fused-ring (bicyclic) bond motifs is 1. The van der Waals surface area contributed by atoms with Gasteiger partial charge in [-0.2, -0.15) is 0 Å². The standard InChI is InChI=1S/C27H27N3O3/c1-17-14-19(18-9-11-20(33-2)12-10-18)15-24(28-17)25-8-5-13-30(25)27(32)22-16-26(31)29-23-7-4-3-6-21(22)23/h3-4,6-7,9-12,14-15,22,25H,5,8,13,16H2,1-2H3,(H,29,31)/t22-,25+/m0/s1. The van der Waals surface area contributed by atoms with E-state index in [1.165, 1.54) is 0 Å². The highest BCUT2D eigenvalue weighted by Crippen LogP contribution is 2.39. The monoisotopic (exact) mass is 441 g/mol. The van der Waals surface area contributed by atoms with E-state index in [0.717, 1.165) is 52.4 Å². The zero-order chi connectivity index (χ0) is 22.9. The molecule has 6 heteroatoms. The molecule has 0 radical (unpaired) electrons. The van der Waals surface area contributed by atoms with Crippen LogP contribution < -0.4 is 10.1 Å². The average Bonchev–Trinajstić information content (AvgIpc) is 3.33. The number of hydrogen-bond acceptors (Lipinski definition) is 4. The lowest BCUT2D eigenvalue weighted by atomic mass is 9.89. The third-order valence-electron chi connectivity index (χ3n) is 6.57. The van der Waals surface area contributed by atoms with Crippen LogP contribution in [-0.4, -0.2) is 35.4 Å². The minimum absolute atomic E-state index is 0.00843. The first-order chi connectivity index (χ1) is 16.0. The molecule has 1 saturated heterocycles. The van der Waals surface area contributed by atoms with Crippen LogP contribution in [0.2, 0.25) is 0 Å². The fourth-order valence-electron chi connectivity index (χ4n) is 4.98. The van der Waals surface area contributed by atoms with Gasteiger partial charge in [-0.15, -0.1) is 0 Å². The molecule has 33 heavy (non-hydrogen) atoms. The summed E-state index contributed by atoms with van der Waals surface area (Å²) in [6.07, 6.45) is 1.96. The maximum absolute atomic E-state index is 13.7. The number of methoxy groups -OCH3 is 1. The van der Waals surface area contributed by atoms with Gasteiger partial charge in [0.15, 0.2) is 0 Å². The summed E-state index contributed by atoms with van der Waals surface area (Å²) in [6, 6.07) is 19.6. The number of likely N-dealkylation sites (tertiary alicyclic amines) is 1. The zero-order valence-corrected chi connectivity index (χ0v) is 18.9. The second-order valence-corrected chi connectivity index (χ2v) is 8.73. The van der Waals surface area contributed by atoms with Crippen molar-refractivity contribution in [2.24, 2.45) is 0 Å². The average molecular weight is 442 g/mol. The Morgan fingerprint density at radius 3 is 2.67 bits per heavy atom. The number of amides is 2. The van der Waals surface area contributed by atoms with Crippen LogP contribution in [0.1, 0.15) is 48.2 Å². The van der Waals surface area contributed by atoms with Crippen LogP contribution >= 0.6 is 0 Å². The van der Waals surface area contributed by atoms with Crippen molar-refractivity contribution in [1.82, 2.24) is 9.88 Å². The molecule has 1 fully saturated rings. The molecule has 1 aromatic heterocycles. The van der Waals surface area contributed by atoms with Crippen molar-refractivity contribution in [3.63, 3.8) is 0 Å². The Balaban J connectivity index is 1.46. The zero-order valence-electron chi connectivity index (χ0n) is 18.9. The van der Waals surface area contributed by atoms with Crippen molar-refractivity contribution >= 4 is 17.5 Å². The molecule has 6 nitrogen and oxygen atoms in total. The summed E-state index contributed by atoms with van der Waals surface area (Å²) < 4.78 is 5.28. The van der Waals surface area contributed by atoms with Crippen LogP contribution in [0.15, 0.2) is 60.7 Å². The van der Waals surface area contributed by atoms with E-state index in [1.807, 2.05) is 60.4 Å². The topological polar surface area (TPSA) is 71.5 Å². The molecule has 1 N–H and O–H groups in total. The molecule has 2 amide bonds. The maximum Gasteiger partial charge on any atom is 0.231 e. The smallest absolute Gasteiger partial charge is 0.231 e. The SMILES string of the molecule is COc1ccc(-c2cc(C)nc([C@H]3CCCN3C(=O)[C@H]3CC(=O)Nc4ccccc43)c2)cc1. The Labute approximate surface area is 193 Å². The fraction of sp³-hybridized carbons (Fsp3) is 0.296. The number of benzene rings is 2. The number of carbonyl (C=O) groups is 2. The van der Waals surface area contributed by atoms with Crippen molar-refractivity contribution in [1.29, 1.82) is 0 Å². The number of para-hydroxylation sites is 1. The summed E-state index contributed by atoms with van der Waals surface area (Å²) in [5.41, 5.74) is 5.60. The van der Waals surface area contributed by atoms with Gasteiger partial charge in [0, 0.05) is 24.3 Å². The van der Waals surface area contributed by atoms with E-state index in [4.69, 9.17) is 9.72 Å². The van der Waals surface area contributed by atoms with Gasteiger partial charge in [-0.1, -0.05) is 30.3 Å². The predicted octanol–water partition coefficient (Wildman–Crippen LogP) is 4.86. The predicted molar refractivity (Wildman–Crippen MR) is 127 cm³/mol. The Morgan fingerprint density at radius 2 is 1.88 bits per heavy atom. The minimum atomic E-state index is -0.457. The molecular formula is C27H27N3O3. The van der Waals surface area contributed by atoms with Crippen molar-refractivity contribution < 1.29 is 14.3 Å². The van der Waals surface area contributed by atoms with Gasteiger partial charge >= 0.3 is 0 Å². The molecule has 3 aromatic rings. The molecule has 2 atom stereocenters. The minimum Gasteiger partial charge on any atom is -0.497 e. The number of nitrogens with zero attached hydrogens (tertiary/aromatic N) is 2. The Morgan fingerprint density at radius 1 is 1.09 bits per heavy atom. The first-order valence-electron chi connectivity index (χ1n) is 11.4. The van der Waals surface area contributed by atoms with E-state index in [-0.39, 0.29) is 24.3 Å². The summed E-state index contributed by atoms with van der Waals surface area (Å²) in [7, 11) is 1.66. The van der Waals surface area contributed by atoms with Crippen molar-refractivity contribution in [3.05, 3.63) is 77.6 Å². The molecule has 0 saturated carbocycles. The van der Waals surface area contributed by atoms with Gasteiger partial charge in [0.2, 0.25) is 11.8 Å². The highest BCUT2D eigenvalue weighted by Gasteiger charge is 2.38. The Hall–Kier alpha value is -3.67. The highest BCUT2D eigenvalue weighted by atomic mass is 16.5. The Bertz CT molecular complexity index is 1210. The number of nitrogens with one attached hydrogen (secondary N) is 1. The van der Waals surface area contributed by atoms with E-state index < -0.39 is 5.92 Å². The second-order valence-electron chi connectivity index (χ2n) is 8.73. The van der Waals surface area contributed by atoms with Crippen LogP contribution in [0, 0.1) is 6.92 Å². The summed E-state index contributed by atoms with van der Waals surface area (Å²) in [6.45, 7) is 2.66. The van der Waals surface area contributed by atoms with Crippen LogP contribution in [0.3, 0.4) is 0 Å². The van der Waals surface area contributed by atoms with Crippen LogP contribution in [0.5, 0.6) is 5.75 Å². The number of ether oxygens (including phenoxy) is 1. The first-order valence-corrected chi connectivity index (χ1v) is 11.4. The van der Waals surface area contributed by atoms with Gasteiger partial charge in [0.25, 0.3) is 0 Å². The molecule has 0 bridgehead atoms. The van der Waals surface area contributed by atoms with Gasteiger partial charge in [-0.05, 0) is 66.8 Å². The Kier molecular flexibility index (Phi) is 5.58. The molecule has 0 unspecified atom stereocenters. The lowest BCUT2D eigenvalue weighted by molar-refractivity contribution is -0.135. The highest BCUT2D eigenvalue weighted by molar-refractivity contribution is 6.01. The summed E-state index contributed by atoms with van der Waals surface area (Å²) in [4.78, 5) is 32.7. The third kappa shape index (κ3) is 4.09. The number of pyridine rings is 1. The number of rotatable bonds is 4. The molecule has 5 rings (SSSR count). The van der Waals surface area contributed by atoms with Gasteiger partial charge < -0.3 is 15.0 Å². The molecule has 0 aliphatic carbocycles. The lowest BCUT2D eigenvalue weighted by Crippen LogP contribution is -2.38. The first kappa shape index (κ1) is 21.2. The van der Waals surface area contributed by atoms with Crippen LogP contribution in [0.25, 0.3) is 11.1 Å². The van der Waals surface area contributed by atoms with E-state index in [9.17, 15) is 9.59 Å². The van der Waals surface area contributed by atoms with Crippen molar-refractivity contribution in [2.75, 3.05) is 19.0 Å². The van der Waals surface area contributed by atoms with Crippen LogP contribution in [-0.2, 0) is 9.59 Å². The number of carbonyl (C=O) groups excluding carboxylic acids is 2. The molecule has 168 valence electrons. The van der Waals surface area contributed by atoms with Gasteiger partial charge in [0.1, 0.15) is 5.75 Å². The van der Waals surface area contributed by atoms with E-state index >= 15 is 0 Å². The van der Waals surface area contributed by atoms with E-state index in [2.05, 4.69) is 17.4 Å². The molecule has 3 heterocycles. The molecule has 2 aliphatic rings. The van der Waals surface area contributed by atoms with Crippen LogP contribution in [0.4, 0.5) is 5.69 Å². The number of aromatic nitrogens is 1. The number of anilines is 1. The molecule has 2 aromatic carbocycles. The van der Waals surface area contributed by atoms with Crippen molar-refractivity contribution in [2.45, 2.75) is 38.1 Å². The second kappa shape index (κ2) is 8.70.